The van der Waals surface area contributed by atoms with E-state index in [9.17, 15) is 9.59 Å². The van der Waals surface area contributed by atoms with Crippen molar-refractivity contribution in [3.8, 4) is 0 Å². The molecule has 0 aliphatic rings. The van der Waals surface area contributed by atoms with Crippen molar-refractivity contribution >= 4 is 28.5 Å². The molecule has 1 heterocycles. The molecule has 1 aromatic carbocycles. The zero-order valence-electron chi connectivity index (χ0n) is 12.3. The van der Waals surface area contributed by atoms with Gasteiger partial charge in [0, 0.05) is 31.9 Å². The summed E-state index contributed by atoms with van der Waals surface area (Å²) in [7, 11) is 3.24. The summed E-state index contributed by atoms with van der Waals surface area (Å²) in [5, 5.41) is 13.0. The van der Waals surface area contributed by atoms with Gasteiger partial charge in [-0.15, -0.1) is 0 Å². The number of nitrogens with zero attached hydrogens (tertiary/aromatic N) is 2. The number of carbonyl (C=O) groups is 2. The summed E-state index contributed by atoms with van der Waals surface area (Å²) in [5.41, 5.74) is 1.54. The topological polar surface area (TPSA) is 90.1 Å². The van der Waals surface area contributed by atoms with Crippen LogP contribution in [0.5, 0.6) is 0 Å². The molecule has 0 saturated heterocycles. The summed E-state index contributed by atoms with van der Waals surface area (Å²) in [6.07, 6.45) is 1.93. The molecule has 7 nitrogen and oxygen atoms in total. The van der Waals surface area contributed by atoms with E-state index < -0.39 is 0 Å². The number of rotatable bonds is 4. The van der Waals surface area contributed by atoms with E-state index in [2.05, 4.69) is 20.8 Å². The van der Waals surface area contributed by atoms with E-state index in [0.717, 1.165) is 10.9 Å². The molecular weight excluding hydrogens is 270 g/mol. The van der Waals surface area contributed by atoms with Crippen LogP contribution in [0.4, 0.5) is 10.5 Å². The lowest BCUT2D eigenvalue weighted by Gasteiger charge is -2.24. The van der Waals surface area contributed by atoms with Gasteiger partial charge in [-0.25, -0.2) is 4.79 Å². The molecule has 2 aromatic rings. The molecule has 0 saturated carbocycles. The molecule has 0 aliphatic carbocycles. The van der Waals surface area contributed by atoms with Crippen molar-refractivity contribution in [2.24, 2.45) is 0 Å². The lowest BCUT2D eigenvalue weighted by Crippen LogP contribution is -2.40. The number of H-pyrrole nitrogens is 1. The second kappa shape index (κ2) is 6.25. The monoisotopic (exact) mass is 289 g/mol. The van der Waals surface area contributed by atoms with Crippen molar-refractivity contribution < 1.29 is 9.59 Å². The number of carbonyl (C=O) groups excluding carboxylic acids is 2. The number of nitrogens with one attached hydrogen (secondary N) is 3. The van der Waals surface area contributed by atoms with Gasteiger partial charge in [-0.1, -0.05) is 6.07 Å². The standard InChI is InChI=1S/C14H19N5O2/c1-9(7-13(20)15-2)19(3)14(21)17-11-5-4-6-12-10(11)8-16-18-12/h4-6,8-9H,7H2,1-3H3,(H,15,20)(H,16,18)(H,17,21)/t9-/m0/s1. The highest BCUT2D eigenvalue weighted by Crippen LogP contribution is 2.21. The number of aromatic nitrogens is 2. The second-order valence-corrected chi connectivity index (χ2v) is 4.90. The molecule has 3 amide bonds. The van der Waals surface area contributed by atoms with E-state index in [1.54, 1.807) is 20.3 Å². The Bertz CT molecular complexity index is 652. The van der Waals surface area contributed by atoms with Gasteiger partial charge in [0.05, 0.1) is 17.4 Å². The first kappa shape index (κ1) is 14.8. The maximum Gasteiger partial charge on any atom is 0.321 e. The summed E-state index contributed by atoms with van der Waals surface area (Å²) in [6.45, 7) is 1.83. The molecule has 7 heteroatoms. The smallest absolute Gasteiger partial charge is 0.321 e. The number of anilines is 1. The van der Waals surface area contributed by atoms with E-state index in [0.29, 0.717) is 5.69 Å². The van der Waals surface area contributed by atoms with Crippen molar-refractivity contribution in [1.82, 2.24) is 20.4 Å². The third-order valence-corrected chi connectivity index (χ3v) is 3.47. The van der Waals surface area contributed by atoms with Crippen LogP contribution in [0.3, 0.4) is 0 Å². The Morgan fingerprint density at radius 1 is 1.43 bits per heavy atom. The molecule has 0 bridgehead atoms. The van der Waals surface area contributed by atoms with Crippen LogP contribution in [0.25, 0.3) is 10.9 Å². The minimum atomic E-state index is -0.264. The van der Waals surface area contributed by atoms with Crippen molar-refractivity contribution in [2.45, 2.75) is 19.4 Å². The Morgan fingerprint density at radius 3 is 2.90 bits per heavy atom. The number of amides is 3. The maximum atomic E-state index is 12.2. The molecule has 112 valence electrons. The van der Waals surface area contributed by atoms with E-state index in [4.69, 9.17) is 0 Å². The van der Waals surface area contributed by atoms with Crippen LogP contribution in [0, 0.1) is 0 Å². The average Bonchev–Trinajstić information content (AvgIpc) is 2.95. The van der Waals surface area contributed by atoms with Gasteiger partial charge < -0.3 is 15.5 Å². The van der Waals surface area contributed by atoms with Gasteiger partial charge in [-0.05, 0) is 19.1 Å². The van der Waals surface area contributed by atoms with Gasteiger partial charge >= 0.3 is 6.03 Å². The molecular formula is C14H19N5O2. The molecule has 0 aliphatic heterocycles. The number of aromatic amines is 1. The highest BCUT2D eigenvalue weighted by molar-refractivity contribution is 6.00. The van der Waals surface area contributed by atoms with Crippen LogP contribution in [0.1, 0.15) is 13.3 Å². The number of hydrogen-bond donors (Lipinski definition) is 3. The second-order valence-electron chi connectivity index (χ2n) is 4.90. The minimum absolute atomic E-state index is 0.0981. The summed E-state index contributed by atoms with van der Waals surface area (Å²) in [5.74, 6) is -0.0981. The molecule has 3 N–H and O–H groups in total. The lowest BCUT2D eigenvalue weighted by molar-refractivity contribution is -0.121. The van der Waals surface area contributed by atoms with Crippen molar-refractivity contribution in [3.05, 3.63) is 24.4 Å². The van der Waals surface area contributed by atoms with Crippen molar-refractivity contribution in [2.75, 3.05) is 19.4 Å². The van der Waals surface area contributed by atoms with Gasteiger partial charge in [-0.3, -0.25) is 9.89 Å². The highest BCUT2D eigenvalue weighted by atomic mass is 16.2. The molecule has 0 spiro atoms. The van der Waals surface area contributed by atoms with Crippen LogP contribution in [0.2, 0.25) is 0 Å². The van der Waals surface area contributed by atoms with Crippen LogP contribution in [-0.4, -0.2) is 47.2 Å². The van der Waals surface area contributed by atoms with Gasteiger partial charge in [0.2, 0.25) is 5.91 Å². The van der Waals surface area contributed by atoms with Crippen LogP contribution >= 0.6 is 0 Å². The SMILES string of the molecule is CNC(=O)C[C@H](C)N(C)C(=O)Nc1cccc2[nH]ncc12. The highest BCUT2D eigenvalue weighted by Gasteiger charge is 2.18. The van der Waals surface area contributed by atoms with Crippen LogP contribution in [-0.2, 0) is 4.79 Å². The zero-order valence-corrected chi connectivity index (χ0v) is 12.3. The number of fused-ring (bicyclic) bond motifs is 1. The van der Waals surface area contributed by atoms with Gasteiger partial charge in [0.25, 0.3) is 0 Å². The quantitative estimate of drug-likeness (QED) is 0.797. The molecule has 1 atom stereocenters. The number of urea groups is 1. The molecule has 0 fully saturated rings. The Hall–Kier alpha value is -2.57. The Morgan fingerprint density at radius 2 is 2.19 bits per heavy atom. The lowest BCUT2D eigenvalue weighted by atomic mass is 10.2. The first-order valence-electron chi connectivity index (χ1n) is 6.69. The summed E-state index contributed by atoms with van der Waals surface area (Å²) in [4.78, 5) is 25.1. The summed E-state index contributed by atoms with van der Waals surface area (Å²) in [6, 6.07) is 5.07. The zero-order chi connectivity index (χ0) is 15.4. The molecule has 0 radical (unpaired) electrons. The normalized spacial score (nSPS) is 12.0. The fraction of sp³-hybridized carbons (Fsp3) is 0.357. The third kappa shape index (κ3) is 3.31. The van der Waals surface area contributed by atoms with Gasteiger partial charge in [0.1, 0.15) is 0 Å². The maximum absolute atomic E-state index is 12.2. The van der Waals surface area contributed by atoms with Gasteiger partial charge in [0.15, 0.2) is 0 Å². The molecule has 21 heavy (non-hydrogen) atoms. The minimum Gasteiger partial charge on any atom is -0.359 e. The first-order valence-corrected chi connectivity index (χ1v) is 6.69. The Kier molecular flexibility index (Phi) is 4.42. The Labute approximate surface area is 122 Å². The number of benzene rings is 1. The molecule has 1 aromatic heterocycles. The Balaban J connectivity index is 2.07. The van der Waals surface area contributed by atoms with E-state index in [-0.39, 0.29) is 24.4 Å². The van der Waals surface area contributed by atoms with Crippen molar-refractivity contribution in [1.29, 1.82) is 0 Å². The third-order valence-electron chi connectivity index (χ3n) is 3.47. The first-order chi connectivity index (χ1) is 10.0. The predicted molar refractivity (Wildman–Crippen MR) is 81.0 cm³/mol. The van der Waals surface area contributed by atoms with Crippen LogP contribution < -0.4 is 10.6 Å². The van der Waals surface area contributed by atoms with Gasteiger partial charge in [-0.2, -0.15) is 5.10 Å². The molecule has 2 rings (SSSR count). The average molecular weight is 289 g/mol. The van der Waals surface area contributed by atoms with Crippen LogP contribution in [0.15, 0.2) is 24.4 Å². The molecule has 0 unspecified atom stereocenters. The van der Waals surface area contributed by atoms with E-state index in [1.165, 1.54) is 4.90 Å². The summed E-state index contributed by atoms with van der Waals surface area (Å²) >= 11 is 0. The summed E-state index contributed by atoms with van der Waals surface area (Å²) < 4.78 is 0. The van der Waals surface area contributed by atoms with Crippen molar-refractivity contribution in [3.63, 3.8) is 0 Å². The predicted octanol–water partition coefficient (Wildman–Crippen LogP) is 1.55. The largest absolute Gasteiger partial charge is 0.359 e. The number of hydrogen-bond acceptors (Lipinski definition) is 3. The van der Waals surface area contributed by atoms with E-state index >= 15 is 0 Å². The fourth-order valence-corrected chi connectivity index (χ4v) is 1.99. The fourth-order valence-electron chi connectivity index (χ4n) is 1.99. The van der Waals surface area contributed by atoms with E-state index in [1.807, 2.05) is 25.1 Å².